The second kappa shape index (κ2) is 36.4. The molecule has 0 aliphatic heterocycles. The third kappa shape index (κ3) is 15.3. The predicted molar refractivity (Wildman–Crippen MR) is 629 cm³/mol. The fourth-order valence-electron chi connectivity index (χ4n) is 17.1. The summed E-state index contributed by atoms with van der Waals surface area (Å²) < 4.78 is 817. The molecule has 690 valence electrons. The topological polar surface area (TPSA) is 39.4 Å². The average Bonchev–Trinajstić information content (AvgIpc) is 1.16. The highest BCUT2D eigenvalue weighted by atomic mass is 35.5. The third-order valence-corrected chi connectivity index (χ3v) is 23.8. The van der Waals surface area contributed by atoms with Crippen molar-refractivity contribution in [3.8, 4) is 134 Å². The van der Waals surface area contributed by atoms with E-state index < -0.39 is 839 Å². The first-order chi connectivity index (χ1) is 110. The van der Waals surface area contributed by atoms with E-state index in [0.29, 0.717) is 0 Å². The quantitative estimate of drug-likeness (QED) is 0.114. The van der Waals surface area contributed by atoms with Crippen LogP contribution in [-0.4, -0.2) is 0 Å². The van der Waals surface area contributed by atoms with Crippen molar-refractivity contribution in [2.24, 2.45) is 0 Å². The average molecular weight is 1990 g/mol. The third-order valence-electron chi connectivity index (χ3n) is 23.5. The van der Waals surface area contributed by atoms with Crippen LogP contribution in [0.5, 0.6) is 0 Å². The Morgan fingerprint density at radius 2 is 0.318 bits per heavy atom. The fraction of sp³-hybridized carbons (Fsp3) is 0. The zero-order chi connectivity index (χ0) is 175. The smallest absolute Gasteiger partial charge is 0.136 e. The molecular weight excluding hydrogens is 1810 g/mol. The number of rotatable bonds is 12. The first-order valence-electron chi connectivity index (χ1n) is 87.9. The summed E-state index contributed by atoms with van der Waals surface area (Å²) in [6.07, 6.45) is 0. The van der Waals surface area contributed by atoms with E-state index in [-0.39, 0.29) is 0 Å². The molecule has 0 saturated carbocycles. The van der Waals surface area contributed by atoms with Crippen molar-refractivity contribution >= 4 is 174 Å². The summed E-state index contributed by atoms with van der Waals surface area (Å²) in [4.78, 5) is 0. The summed E-state index contributed by atoms with van der Waals surface area (Å²) >= 11 is 6.86. The van der Waals surface area contributed by atoms with E-state index in [1.807, 2.05) is 0 Å². The minimum atomic E-state index is -1.15. The molecule has 0 N–H and O–H groups in total. The van der Waals surface area contributed by atoms with Gasteiger partial charge in [0.1, 0.15) is 33.5 Å². The van der Waals surface area contributed by atoms with E-state index in [1.165, 1.54) is 0 Å². The Morgan fingerprint density at radius 1 is 0.122 bits per heavy atom. The molecule has 4 heteroatoms. The van der Waals surface area contributed by atoms with Crippen molar-refractivity contribution in [2.75, 3.05) is 0 Å². The molecule has 0 aliphatic carbocycles. The summed E-state index contributed by atoms with van der Waals surface area (Å²) in [6, 6.07) is -84.7. The second-order valence-electron chi connectivity index (χ2n) is 31.7. The highest BCUT2D eigenvalue weighted by Crippen LogP contribution is 2.52. The Labute approximate surface area is 984 Å². The minimum Gasteiger partial charge on any atom is -0.456 e. The monoisotopic (exact) mass is 1990 g/mol. The molecule has 0 unspecified atom stereocenters. The van der Waals surface area contributed by atoms with Crippen LogP contribution in [0.25, 0.3) is 296 Å². The highest BCUT2D eigenvalue weighted by molar-refractivity contribution is 6.36. The van der Waals surface area contributed by atoms with Crippen molar-refractivity contribution in [1.29, 1.82) is 0 Å². The Hall–Kier alpha value is -19.0. The number of furan rings is 3. The molecule has 0 saturated heterocycles. The lowest BCUT2D eigenvalue weighted by Gasteiger charge is -2.19. The van der Waals surface area contributed by atoms with Crippen LogP contribution >= 0.6 is 11.6 Å². The SMILES string of the molecule is [2H]c1c([2H])c([2H])c(-c2c([2H])c([2H])c(-c3c4c([2H])c([2H])c([2H])c([2H])c4c(-c4c([2H])c([2H])c(-c5c([2H])c([2H])c6oc7c([2H])c8c([2H])c([2H])c([2H])c([2H])c8c([2H])c7c6c5[2H])c([2H])c4[2H])c4c([2H])c([2H])c([2H])c([2H])c34)c([2H])c2[2H])c([2H])c1[2H].[2H]c1c([2H])c([2H])c(-c2c([2H])c([2H])c(Cl)c(-c3c4c([2H])c([2H])c([2H])c([2H])c4c(-c4c([2H])c([2H])c(-c5c([2H])c([2H])c6oc7c([2H])c8c([2H])c([2H])c([2H])c([2H])c8c([2H])c7c6c5[2H])c([2H])c4[2H])c4c([2H])c([2H])c([2H])c([2H])c34)c2[2H])c([2H])c1[2H].[2H]c1c([2H])c([2H])c(-c2c([2H])c([2H])c([2H])c([2H])c2-c2c3c([2H])c([2H])c([2H])c([2H])c3c(-c3c([2H])c([2H])c(-c4c([2H])c([2H])c5oc6c([2H])c7c([2H])c([2H])c([2H])c([2H])c7c([2H])c6c5c4[2H])c([2H])c3[2H])c3c([2H])c([2H])c([2H])c([2H])c23)c([2H])c1[2H]. The van der Waals surface area contributed by atoms with Crippen LogP contribution in [0, 0.1) is 0 Å². The minimum absolute atomic E-state index is 0.432. The molecule has 3 nitrogen and oxygen atoms in total. The largest absolute Gasteiger partial charge is 0.456 e. The van der Waals surface area contributed by atoms with E-state index in [1.54, 1.807) is 0 Å². The van der Waals surface area contributed by atoms with E-state index in [4.69, 9.17) is 100 Å². The number of fused-ring (bicyclic) bond motifs is 18. The summed E-state index contributed by atoms with van der Waals surface area (Å²) in [7, 11) is 0. The van der Waals surface area contributed by atoms with Crippen molar-refractivity contribution in [3.05, 3.63) is 543 Å². The summed E-state index contributed by atoms with van der Waals surface area (Å²) in [6.45, 7) is 0. The Bertz CT molecular complexity index is 16100. The summed E-state index contributed by atoms with van der Waals surface area (Å²) in [5.74, 6) is 0. The maximum Gasteiger partial charge on any atom is 0.136 e. The maximum atomic E-state index is 9.64. The molecule has 0 fully saturated rings. The van der Waals surface area contributed by atoms with Crippen LogP contribution < -0.4 is 0 Å². The van der Waals surface area contributed by atoms with E-state index >= 15 is 0 Å². The standard InChI is InChI=1S/C48H29ClO.2C48H30O/c49-44-24-22-35(30-10-2-1-3-11-30)28-43(44)48-39-16-8-6-14-37(39)47(38-15-7-9-17-40(38)48)32-20-18-31(19-21-32)36-23-25-45-41(27-36)42-26-33-12-4-5-13-34(33)29-46(42)50-45;1-2-10-31(11-3-1)32-18-22-34(23-19-32)47-39-14-6-8-16-41(39)48(42-17-9-7-15-40(42)47)35-24-20-33(21-25-35)38-26-27-45-43(29-38)44-28-36-12-4-5-13-37(36)30-46(44)49-45;1-2-12-32(13-3-1)37-16-6-7-17-38(37)48-41-20-10-8-18-39(41)47(40-19-9-11-21-42(40)48)33-24-22-31(23-25-33)36-26-27-45-43(29-36)44-28-34-14-4-5-15-35(34)30-46(44)49-45/h1-29H;2*1-30H/i1D,2D,3D,4D,5D,6D,7D,8D,9D,10D,11D,12D,13D,14D,15D,16D,17D,18D,19D,20D,21D,22D,23D,24D,25D,26D,27D,28D,29D;2*1D,2D,3D,4D,5D,6D,7D,8D,9D,10D,11D,12D,13D,14D,15D,16D,17D,18D,19D,20D,21D,22D,23D,24D,25D,26D,27D,28D,29D,30D. The molecule has 0 bridgehead atoms. The van der Waals surface area contributed by atoms with Gasteiger partial charge in [0.05, 0.1) is 122 Å². The van der Waals surface area contributed by atoms with Gasteiger partial charge in [-0.15, -0.1) is 0 Å². The van der Waals surface area contributed by atoms with E-state index in [9.17, 15) is 46.6 Å². The molecular formula is C144H89ClO3. The molecule has 30 aromatic rings. The van der Waals surface area contributed by atoms with Gasteiger partial charge in [0.25, 0.3) is 0 Å². The van der Waals surface area contributed by atoms with Gasteiger partial charge in [0.2, 0.25) is 0 Å². The van der Waals surface area contributed by atoms with Gasteiger partial charge < -0.3 is 13.3 Å². The fourth-order valence-corrected chi connectivity index (χ4v) is 17.3. The van der Waals surface area contributed by atoms with Crippen LogP contribution in [0.1, 0.15) is 122 Å². The van der Waals surface area contributed by atoms with Gasteiger partial charge in [0, 0.05) is 42.9 Å². The van der Waals surface area contributed by atoms with Crippen LogP contribution in [-0.2, 0) is 0 Å². The predicted octanol–water partition coefficient (Wildman–Crippen LogP) is 41.8. The number of hydrogen-bond acceptors (Lipinski definition) is 3. The van der Waals surface area contributed by atoms with Crippen LogP contribution in [0.2, 0.25) is 5.02 Å². The Morgan fingerprint density at radius 3 is 0.622 bits per heavy atom. The molecule has 0 aliphatic rings. The molecule has 148 heavy (non-hydrogen) atoms. The van der Waals surface area contributed by atoms with E-state index in [2.05, 4.69) is 0 Å². The first-order valence-corrected chi connectivity index (χ1v) is 43.8. The van der Waals surface area contributed by atoms with Gasteiger partial charge in [0.15, 0.2) is 0 Å². The molecule has 0 atom stereocenters. The van der Waals surface area contributed by atoms with Gasteiger partial charge in [-0.05, 0) is 310 Å². The number of halogens is 1. The molecule has 30 rings (SSSR count). The van der Waals surface area contributed by atoms with Crippen molar-refractivity contribution in [1.82, 2.24) is 0 Å². The lowest BCUT2D eigenvalue weighted by atomic mass is 9.83. The van der Waals surface area contributed by atoms with Crippen LogP contribution in [0.15, 0.2) is 551 Å². The lowest BCUT2D eigenvalue weighted by molar-refractivity contribution is 0.669. The van der Waals surface area contributed by atoms with Crippen LogP contribution in [0.4, 0.5) is 0 Å². The highest BCUT2D eigenvalue weighted by Gasteiger charge is 2.25. The van der Waals surface area contributed by atoms with Gasteiger partial charge in [-0.2, -0.15) is 0 Å². The summed E-state index contributed by atoms with van der Waals surface area (Å²) in [5, 5.41) is -15.9. The van der Waals surface area contributed by atoms with Crippen LogP contribution in [0.3, 0.4) is 0 Å². The molecule has 3 aromatic heterocycles. The Balaban J connectivity index is 0.000000152. The first kappa shape index (κ1) is 35.2. The molecule has 27 aromatic carbocycles. The molecule has 3 heterocycles. The van der Waals surface area contributed by atoms with Crippen molar-refractivity contribution in [2.45, 2.75) is 0 Å². The van der Waals surface area contributed by atoms with Crippen molar-refractivity contribution in [3.63, 3.8) is 0 Å². The zero-order valence-corrected chi connectivity index (χ0v) is 74.4. The van der Waals surface area contributed by atoms with Gasteiger partial charge in [-0.1, -0.05) is 465 Å². The van der Waals surface area contributed by atoms with E-state index in [0.717, 1.165) is 0 Å². The van der Waals surface area contributed by atoms with Crippen molar-refractivity contribution < 1.29 is 135 Å². The maximum absolute atomic E-state index is 9.64. The summed E-state index contributed by atoms with van der Waals surface area (Å²) in [5.41, 5.74) is -23.2. The number of benzene rings is 27. The lowest BCUT2D eigenvalue weighted by Crippen LogP contribution is -1.92. The molecule has 0 radical (unpaired) electrons. The molecule has 0 amide bonds. The second-order valence-corrected chi connectivity index (χ2v) is 32.1. The normalized spacial score (nSPS) is 20.1. The number of hydrogen-bond donors (Lipinski definition) is 0. The Kier molecular flexibility index (Phi) is 8.66. The van der Waals surface area contributed by atoms with Gasteiger partial charge in [-0.25, -0.2) is 0 Å². The molecule has 0 spiro atoms. The van der Waals surface area contributed by atoms with Gasteiger partial charge >= 0.3 is 0 Å². The zero-order valence-electron chi connectivity index (χ0n) is 163. The van der Waals surface area contributed by atoms with Gasteiger partial charge in [-0.3, -0.25) is 0 Å².